The molecule has 19 heavy (non-hydrogen) atoms. The third-order valence-corrected chi connectivity index (χ3v) is 3.57. The van der Waals surface area contributed by atoms with E-state index in [0.29, 0.717) is 22.0 Å². The topological polar surface area (TPSA) is 69.6 Å². The number of amides is 1. The van der Waals surface area contributed by atoms with Gasteiger partial charge < -0.3 is 15.5 Å². The third kappa shape index (κ3) is 1.15. The Balaban J connectivity index is 2.38. The number of nitrogens with one attached hydrogen (secondary N) is 1. The van der Waals surface area contributed by atoms with E-state index in [1.165, 1.54) is 6.07 Å². The molecular weight excluding hydrogens is 242 g/mol. The Kier molecular flexibility index (Phi) is 1.70. The van der Waals surface area contributed by atoms with Crippen molar-refractivity contribution in [3.8, 4) is 11.5 Å². The highest BCUT2D eigenvalue weighted by molar-refractivity contribution is 6.30. The van der Waals surface area contributed by atoms with Gasteiger partial charge in [-0.1, -0.05) is 24.3 Å². The van der Waals surface area contributed by atoms with Gasteiger partial charge in [-0.15, -0.1) is 0 Å². The standard InChI is InChI=1S/C15H9NO3/c17-11-6-9-12-10(16-15(9)19)5-7-3-1-2-4-8(7)13(12)14(11)18/h1-6,17-18H,(H,16,19). The second-order valence-electron chi connectivity index (χ2n) is 4.64. The molecular formula is C15H9NO3. The zero-order valence-corrected chi connectivity index (χ0v) is 9.77. The van der Waals surface area contributed by atoms with E-state index in [1.807, 2.05) is 30.3 Å². The Morgan fingerprint density at radius 1 is 1.00 bits per heavy atom. The molecule has 0 unspecified atom stereocenters. The van der Waals surface area contributed by atoms with Crippen LogP contribution in [0.3, 0.4) is 0 Å². The van der Waals surface area contributed by atoms with E-state index >= 15 is 0 Å². The van der Waals surface area contributed by atoms with Crippen molar-refractivity contribution in [1.82, 2.24) is 0 Å². The van der Waals surface area contributed by atoms with Crippen molar-refractivity contribution in [2.24, 2.45) is 0 Å². The average Bonchev–Trinajstić information content (AvgIpc) is 2.71. The molecule has 3 aromatic rings. The maximum absolute atomic E-state index is 11.9. The minimum Gasteiger partial charge on any atom is -0.504 e. The number of phenols is 2. The van der Waals surface area contributed by atoms with Gasteiger partial charge in [-0.25, -0.2) is 0 Å². The first-order chi connectivity index (χ1) is 9.16. The summed E-state index contributed by atoms with van der Waals surface area (Å²) in [6.07, 6.45) is 0. The lowest BCUT2D eigenvalue weighted by Gasteiger charge is -2.08. The van der Waals surface area contributed by atoms with Gasteiger partial charge in [0.2, 0.25) is 0 Å². The maximum Gasteiger partial charge on any atom is 0.256 e. The first-order valence-electron chi connectivity index (χ1n) is 5.88. The molecule has 3 N–H and O–H groups in total. The largest absolute Gasteiger partial charge is 0.504 e. The molecule has 0 aromatic heterocycles. The molecule has 1 amide bonds. The summed E-state index contributed by atoms with van der Waals surface area (Å²) in [6, 6.07) is 10.7. The van der Waals surface area contributed by atoms with E-state index in [1.54, 1.807) is 0 Å². The summed E-state index contributed by atoms with van der Waals surface area (Å²) in [4.78, 5) is 11.9. The number of benzene rings is 3. The molecule has 0 bridgehead atoms. The van der Waals surface area contributed by atoms with Gasteiger partial charge in [0.1, 0.15) is 0 Å². The summed E-state index contributed by atoms with van der Waals surface area (Å²) in [5.74, 6) is -0.722. The predicted molar refractivity (Wildman–Crippen MR) is 72.7 cm³/mol. The van der Waals surface area contributed by atoms with Gasteiger partial charge in [0.15, 0.2) is 11.5 Å². The van der Waals surface area contributed by atoms with Crippen molar-refractivity contribution in [3.63, 3.8) is 0 Å². The van der Waals surface area contributed by atoms with Crippen LogP contribution in [0.1, 0.15) is 10.4 Å². The van der Waals surface area contributed by atoms with Gasteiger partial charge in [-0.2, -0.15) is 0 Å². The SMILES string of the molecule is O=C1Nc2cc3ccccc3c3c(O)c(O)cc1c23. The fraction of sp³-hybridized carbons (Fsp3) is 0. The van der Waals surface area contributed by atoms with Crippen LogP contribution in [0.15, 0.2) is 36.4 Å². The Labute approximate surface area is 107 Å². The molecule has 1 heterocycles. The number of rotatable bonds is 0. The maximum atomic E-state index is 11.9. The van der Waals surface area contributed by atoms with Crippen LogP contribution in [0.5, 0.6) is 11.5 Å². The van der Waals surface area contributed by atoms with Gasteiger partial charge in [0.05, 0.1) is 11.3 Å². The molecule has 0 radical (unpaired) electrons. The van der Waals surface area contributed by atoms with Crippen molar-refractivity contribution in [2.45, 2.75) is 0 Å². The summed E-state index contributed by atoms with van der Waals surface area (Å²) in [5, 5.41) is 25.6. The highest BCUT2D eigenvalue weighted by Crippen LogP contribution is 2.46. The number of carbonyl (C=O) groups is 1. The summed E-state index contributed by atoms with van der Waals surface area (Å²) in [7, 11) is 0. The summed E-state index contributed by atoms with van der Waals surface area (Å²) in [6.45, 7) is 0. The van der Waals surface area contributed by atoms with Gasteiger partial charge in [-0.05, 0) is 22.9 Å². The minimum absolute atomic E-state index is 0.187. The first kappa shape index (κ1) is 10.2. The lowest BCUT2D eigenvalue weighted by molar-refractivity contribution is 0.103. The van der Waals surface area contributed by atoms with E-state index < -0.39 is 0 Å². The molecule has 0 atom stereocenters. The van der Waals surface area contributed by atoms with Crippen LogP contribution in [-0.4, -0.2) is 16.1 Å². The van der Waals surface area contributed by atoms with E-state index in [0.717, 1.165) is 10.8 Å². The van der Waals surface area contributed by atoms with E-state index in [2.05, 4.69) is 5.32 Å². The second kappa shape index (κ2) is 3.17. The quantitative estimate of drug-likeness (QED) is 0.425. The van der Waals surface area contributed by atoms with Gasteiger partial charge in [0.25, 0.3) is 5.91 Å². The van der Waals surface area contributed by atoms with Crippen LogP contribution in [0.2, 0.25) is 0 Å². The van der Waals surface area contributed by atoms with Crippen LogP contribution in [0.4, 0.5) is 5.69 Å². The lowest BCUT2D eigenvalue weighted by atomic mass is 9.97. The summed E-state index contributed by atoms with van der Waals surface area (Å²) < 4.78 is 0. The highest BCUT2D eigenvalue weighted by atomic mass is 16.3. The van der Waals surface area contributed by atoms with Crippen molar-refractivity contribution >= 4 is 33.1 Å². The van der Waals surface area contributed by atoms with Crippen molar-refractivity contribution in [1.29, 1.82) is 0 Å². The third-order valence-electron chi connectivity index (χ3n) is 3.57. The Morgan fingerprint density at radius 2 is 1.79 bits per heavy atom. The molecule has 0 saturated carbocycles. The molecule has 1 aliphatic rings. The van der Waals surface area contributed by atoms with Gasteiger partial charge in [0, 0.05) is 10.8 Å². The molecule has 4 nitrogen and oxygen atoms in total. The number of fused-ring (bicyclic) bond motifs is 2. The van der Waals surface area contributed by atoms with Crippen molar-refractivity contribution in [3.05, 3.63) is 42.0 Å². The fourth-order valence-electron chi connectivity index (χ4n) is 2.75. The van der Waals surface area contributed by atoms with Crippen LogP contribution >= 0.6 is 0 Å². The molecule has 0 saturated heterocycles. The Morgan fingerprint density at radius 3 is 2.63 bits per heavy atom. The summed E-state index contributed by atoms with van der Waals surface area (Å²) in [5.41, 5.74) is 1.06. The van der Waals surface area contributed by atoms with Crippen molar-refractivity contribution < 1.29 is 15.0 Å². The average molecular weight is 251 g/mol. The molecule has 4 rings (SSSR count). The second-order valence-corrected chi connectivity index (χ2v) is 4.64. The molecule has 3 aromatic carbocycles. The number of phenolic OH excluding ortho intramolecular Hbond substituents is 2. The number of hydrogen-bond donors (Lipinski definition) is 3. The van der Waals surface area contributed by atoms with E-state index in [4.69, 9.17) is 0 Å². The smallest absolute Gasteiger partial charge is 0.256 e. The fourth-order valence-corrected chi connectivity index (χ4v) is 2.75. The van der Waals surface area contributed by atoms with Gasteiger partial charge >= 0.3 is 0 Å². The van der Waals surface area contributed by atoms with Gasteiger partial charge in [-0.3, -0.25) is 4.79 Å². The van der Waals surface area contributed by atoms with Crippen LogP contribution in [-0.2, 0) is 0 Å². The first-order valence-corrected chi connectivity index (χ1v) is 5.88. The molecule has 92 valence electrons. The number of anilines is 1. The number of hydrogen-bond acceptors (Lipinski definition) is 3. The number of aromatic hydroxyl groups is 2. The molecule has 0 aliphatic carbocycles. The Bertz CT molecular complexity index is 884. The monoisotopic (exact) mass is 251 g/mol. The predicted octanol–water partition coefficient (Wildman–Crippen LogP) is 2.97. The van der Waals surface area contributed by atoms with E-state index in [9.17, 15) is 15.0 Å². The molecule has 4 heteroatoms. The number of carbonyl (C=O) groups excluding carboxylic acids is 1. The van der Waals surface area contributed by atoms with Crippen LogP contribution in [0, 0.1) is 0 Å². The molecule has 0 spiro atoms. The zero-order valence-electron chi connectivity index (χ0n) is 9.77. The lowest BCUT2D eigenvalue weighted by Crippen LogP contribution is -2.03. The minimum atomic E-state index is -0.276. The normalized spacial score (nSPS) is 13.2. The van der Waals surface area contributed by atoms with Crippen LogP contribution < -0.4 is 5.32 Å². The van der Waals surface area contributed by atoms with E-state index in [-0.39, 0.29) is 17.4 Å². The highest BCUT2D eigenvalue weighted by Gasteiger charge is 2.26. The zero-order chi connectivity index (χ0) is 13.1. The molecule has 1 aliphatic heterocycles. The van der Waals surface area contributed by atoms with Crippen LogP contribution in [0.25, 0.3) is 21.5 Å². The Hall–Kier alpha value is -2.75. The molecule has 0 fully saturated rings. The van der Waals surface area contributed by atoms with Crippen molar-refractivity contribution in [2.75, 3.05) is 5.32 Å². The summed E-state index contributed by atoms with van der Waals surface area (Å²) >= 11 is 0.